The fourth-order valence-electron chi connectivity index (χ4n) is 1.61. The number of aromatic carboxylic acids is 1. The van der Waals surface area contributed by atoms with Crippen LogP contribution in [0.15, 0.2) is 30.6 Å². The number of aryl methyl sites for hydroxylation is 1. The molecule has 8 heteroatoms. The first-order valence-corrected chi connectivity index (χ1v) is 5.73. The molecule has 2 aromatic rings. The van der Waals surface area contributed by atoms with Crippen LogP contribution in [0.1, 0.15) is 17.3 Å². The van der Waals surface area contributed by atoms with E-state index in [9.17, 15) is 14.9 Å². The molecule has 20 heavy (non-hydrogen) atoms. The summed E-state index contributed by atoms with van der Waals surface area (Å²) in [4.78, 5) is 21.0. The molecular weight excluding hydrogens is 266 g/mol. The van der Waals surface area contributed by atoms with Crippen LogP contribution in [0.25, 0.3) is 0 Å². The van der Waals surface area contributed by atoms with Gasteiger partial charge < -0.3 is 9.84 Å². The van der Waals surface area contributed by atoms with Gasteiger partial charge in [-0.3, -0.25) is 14.8 Å². The Balaban J connectivity index is 2.31. The van der Waals surface area contributed by atoms with Crippen LogP contribution in [-0.2, 0) is 6.54 Å². The Kier molecular flexibility index (Phi) is 3.65. The van der Waals surface area contributed by atoms with Gasteiger partial charge in [-0.1, -0.05) is 0 Å². The van der Waals surface area contributed by atoms with Crippen molar-refractivity contribution in [2.24, 2.45) is 0 Å². The highest BCUT2D eigenvalue weighted by Gasteiger charge is 2.20. The SMILES string of the molecule is CCn1cc(Oc2ccc(C(=O)O)c([N+](=O)[O-])c2)cn1. The van der Waals surface area contributed by atoms with Crippen molar-refractivity contribution in [3.05, 3.63) is 46.3 Å². The normalized spacial score (nSPS) is 10.2. The highest BCUT2D eigenvalue weighted by Crippen LogP contribution is 2.28. The fourth-order valence-corrected chi connectivity index (χ4v) is 1.61. The highest BCUT2D eigenvalue weighted by molar-refractivity contribution is 5.92. The molecule has 1 aromatic heterocycles. The number of ether oxygens (including phenoxy) is 1. The van der Waals surface area contributed by atoms with Crippen molar-refractivity contribution in [2.45, 2.75) is 13.5 Å². The topological polar surface area (TPSA) is 107 Å². The first-order valence-electron chi connectivity index (χ1n) is 5.73. The lowest BCUT2D eigenvalue weighted by molar-refractivity contribution is -0.385. The number of aromatic nitrogens is 2. The second kappa shape index (κ2) is 5.39. The van der Waals surface area contributed by atoms with Gasteiger partial charge in [-0.15, -0.1) is 0 Å². The van der Waals surface area contributed by atoms with Crippen molar-refractivity contribution in [3.63, 3.8) is 0 Å². The molecule has 1 heterocycles. The highest BCUT2D eigenvalue weighted by atomic mass is 16.6. The lowest BCUT2D eigenvalue weighted by Gasteiger charge is -2.04. The Labute approximate surface area is 113 Å². The zero-order valence-electron chi connectivity index (χ0n) is 10.5. The van der Waals surface area contributed by atoms with Gasteiger partial charge in [-0.05, 0) is 19.1 Å². The van der Waals surface area contributed by atoms with Gasteiger partial charge in [0.1, 0.15) is 11.3 Å². The Morgan fingerprint density at radius 2 is 2.25 bits per heavy atom. The number of nitro benzene ring substituents is 1. The summed E-state index contributed by atoms with van der Waals surface area (Å²) < 4.78 is 7.04. The number of carboxylic acids is 1. The predicted molar refractivity (Wildman–Crippen MR) is 68.0 cm³/mol. The lowest BCUT2D eigenvalue weighted by Crippen LogP contribution is -2.02. The summed E-state index contributed by atoms with van der Waals surface area (Å²) in [5.74, 6) is -0.761. The summed E-state index contributed by atoms with van der Waals surface area (Å²) in [6, 6.07) is 3.58. The second-order valence-corrected chi connectivity index (χ2v) is 3.88. The van der Waals surface area contributed by atoms with E-state index in [-0.39, 0.29) is 11.3 Å². The van der Waals surface area contributed by atoms with E-state index < -0.39 is 16.6 Å². The third-order valence-electron chi connectivity index (χ3n) is 2.57. The van der Waals surface area contributed by atoms with Crippen molar-refractivity contribution in [1.29, 1.82) is 0 Å². The van der Waals surface area contributed by atoms with Crippen molar-refractivity contribution in [2.75, 3.05) is 0 Å². The predicted octanol–water partition coefficient (Wildman–Crippen LogP) is 2.30. The molecule has 0 radical (unpaired) electrons. The van der Waals surface area contributed by atoms with Crippen LogP contribution in [0, 0.1) is 10.1 Å². The Morgan fingerprint density at radius 3 is 2.80 bits per heavy atom. The molecule has 0 amide bonds. The number of nitro groups is 1. The first-order chi connectivity index (χ1) is 9.51. The maximum absolute atomic E-state index is 10.9. The number of nitrogens with zero attached hydrogens (tertiary/aromatic N) is 3. The molecule has 104 valence electrons. The average molecular weight is 277 g/mol. The number of carboxylic acid groups (broad SMARTS) is 1. The Bertz CT molecular complexity index is 665. The minimum atomic E-state index is -1.36. The van der Waals surface area contributed by atoms with E-state index in [1.54, 1.807) is 10.9 Å². The number of hydrogen-bond donors (Lipinski definition) is 1. The molecule has 1 aromatic carbocycles. The zero-order chi connectivity index (χ0) is 14.7. The largest absolute Gasteiger partial charge is 0.477 e. The molecule has 0 aliphatic carbocycles. The van der Waals surface area contributed by atoms with Crippen molar-refractivity contribution in [1.82, 2.24) is 9.78 Å². The van der Waals surface area contributed by atoms with Crippen LogP contribution in [0.5, 0.6) is 11.5 Å². The van der Waals surface area contributed by atoms with E-state index in [0.717, 1.165) is 12.1 Å². The van der Waals surface area contributed by atoms with Crippen LogP contribution in [0.2, 0.25) is 0 Å². The molecule has 2 rings (SSSR count). The van der Waals surface area contributed by atoms with Crippen LogP contribution >= 0.6 is 0 Å². The van der Waals surface area contributed by atoms with Crippen molar-refractivity contribution < 1.29 is 19.6 Å². The molecule has 0 atom stereocenters. The van der Waals surface area contributed by atoms with E-state index in [0.29, 0.717) is 12.3 Å². The Hall–Kier alpha value is -2.90. The fraction of sp³-hybridized carbons (Fsp3) is 0.167. The zero-order valence-corrected chi connectivity index (χ0v) is 10.5. The monoisotopic (exact) mass is 277 g/mol. The number of benzene rings is 1. The van der Waals surface area contributed by atoms with Gasteiger partial charge in [-0.2, -0.15) is 5.10 Å². The third kappa shape index (κ3) is 2.74. The van der Waals surface area contributed by atoms with Gasteiger partial charge in [0.05, 0.1) is 23.4 Å². The molecule has 0 aliphatic rings. The smallest absolute Gasteiger partial charge is 0.342 e. The second-order valence-electron chi connectivity index (χ2n) is 3.88. The van der Waals surface area contributed by atoms with E-state index in [1.807, 2.05) is 6.92 Å². The molecule has 8 nitrogen and oxygen atoms in total. The standard InChI is InChI=1S/C12H11N3O5/c1-2-14-7-9(6-13-14)20-8-3-4-10(12(16)17)11(5-8)15(18)19/h3-7H,2H2,1H3,(H,16,17). The number of carbonyl (C=O) groups is 1. The van der Waals surface area contributed by atoms with Gasteiger partial charge in [0.2, 0.25) is 0 Å². The van der Waals surface area contributed by atoms with Gasteiger partial charge in [0.25, 0.3) is 5.69 Å². The van der Waals surface area contributed by atoms with E-state index >= 15 is 0 Å². The van der Waals surface area contributed by atoms with Crippen LogP contribution in [0.4, 0.5) is 5.69 Å². The summed E-state index contributed by atoms with van der Waals surface area (Å²) in [7, 11) is 0. The summed E-state index contributed by atoms with van der Waals surface area (Å²) >= 11 is 0. The molecule has 0 spiro atoms. The van der Waals surface area contributed by atoms with Crippen molar-refractivity contribution >= 4 is 11.7 Å². The maximum atomic E-state index is 10.9. The molecule has 1 N–H and O–H groups in total. The van der Waals surface area contributed by atoms with Crippen LogP contribution in [-0.4, -0.2) is 25.8 Å². The molecule has 0 bridgehead atoms. The molecule has 0 unspecified atom stereocenters. The molecular formula is C12H11N3O5. The summed E-state index contributed by atoms with van der Waals surface area (Å²) in [6.07, 6.45) is 3.11. The summed E-state index contributed by atoms with van der Waals surface area (Å²) in [5.41, 5.74) is -0.899. The molecule has 0 saturated heterocycles. The minimum Gasteiger partial charge on any atom is -0.477 e. The summed E-state index contributed by atoms with van der Waals surface area (Å²) in [5, 5.41) is 23.7. The van der Waals surface area contributed by atoms with Crippen LogP contribution in [0.3, 0.4) is 0 Å². The van der Waals surface area contributed by atoms with Gasteiger partial charge in [0.15, 0.2) is 5.75 Å². The lowest BCUT2D eigenvalue weighted by atomic mass is 10.2. The van der Waals surface area contributed by atoms with Gasteiger partial charge >= 0.3 is 5.97 Å². The Morgan fingerprint density at radius 1 is 1.50 bits per heavy atom. The van der Waals surface area contributed by atoms with Crippen LogP contribution < -0.4 is 4.74 Å². The van der Waals surface area contributed by atoms with E-state index in [4.69, 9.17) is 9.84 Å². The van der Waals surface area contributed by atoms with Gasteiger partial charge in [-0.25, -0.2) is 4.79 Å². The third-order valence-corrected chi connectivity index (χ3v) is 2.57. The summed E-state index contributed by atoms with van der Waals surface area (Å²) in [6.45, 7) is 2.57. The quantitative estimate of drug-likeness (QED) is 0.663. The van der Waals surface area contributed by atoms with Crippen molar-refractivity contribution in [3.8, 4) is 11.5 Å². The molecule has 0 aliphatic heterocycles. The first kappa shape index (κ1) is 13.5. The van der Waals surface area contributed by atoms with E-state index in [1.165, 1.54) is 12.3 Å². The van der Waals surface area contributed by atoms with Gasteiger partial charge in [0, 0.05) is 6.54 Å². The maximum Gasteiger partial charge on any atom is 0.342 e. The molecule has 0 fully saturated rings. The number of rotatable bonds is 5. The number of hydrogen-bond acceptors (Lipinski definition) is 5. The average Bonchev–Trinajstić information content (AvgIpc) is 2.86. The minimum absolute atomic E-state index is 0.178. The molecule has 0 saturated carbocycles. The van der Waals surface area contributed by atoms with E-state index in [2.05, 4.69) is 5.10 Å².